The number of hydrogen-bond acceptors (Lipinski definition) is 5. The van der Waals surface area contributed by atoms with Crippen molar-refractivity contribution in [2.75, 3.05) is 49.6 Å². The molecule has 0 spiro atoms. The Kier molecular flexibility index (Phi) is 6.92. The number of hydrogen-bond donors (Lipinski definition) is 2. The number of carbonyl (C=O) groups excluding carboxylic acids is 2. The molecule has 2 aliphatic heterocycles. The predicted molar refractivity (Wildman–Crippen MR) is 108 cm³/mol. The van der Waals surface area contributed by atoms with E-state index in [0.29, 0.717) is 25.4 Å². The maximum absolute atomic E-state index is 12.5. The van der Waals surface area contributed by atoms with Gasteiger partial charge in [0.2, 0.25) is 0 Å². The molecule has 0 radical (unpaired) electrons. The maximum Gasteiger partial charge on any atom is 0.264 e. The number of benzene rings is 1. The Labute approximate surface area is 166 Å². The molecule has 2 heterocycles. The van der Waals surface area contributed by atoms with E-state index in [0.717, 1.165) is 44.5 Å². The average molecular weight is 387 g/mol. The lowest BCUT2D eigenvalue weighted by atomic mass is 10.2. The number of rotatable bonds is 8. The van der Waals surface area contributed by atoms with Crippen LogP contribution in [0.25, 0.3) is 0 Å². The van der Waals surface area contributed by atoms with Crippen LogP contribution in [0.3, 0.4) is 0 Å². The van der Waals surface area contributed by atoms with Crippen LogP contribution in [-0.2, 0) is 14.3 Å². The molecule has 3 rings (SSSR count). The molecule has 1 aromatic carbocycles. The normalized spacial score (nSPS) is 17.4. The monoisotopic (exact) mass is 387 g/mol. The van der Waals surface area contributed by atoms with Crippen molar-refractivity contribution in [3.63, 3.8) is 0 Å². The number of unbranched alkanes of at least 4 members (excludes halogenated alkanes) is 3. The van der Waals surface area contributed by atoms with Crippen LogP contribution in [0.5, 0.6) is 0 Å². The molecular formula is C21H29N3O4. The summed E-state index contributed by atoms with van der Waals surface area (Å²) in [6.45, 7) is 5.91. The van der Waals surface area contributed by atoms with E-state index in [1.54, 1.807) is 4.90 Å². The third-order valence-electron chi connectivity index (χ3n) is 5.14. The Morgan fingerprint density at radius 1 is 1.14 bits per heavy atom. The molecule has 0 bridgehead atoms. The molecule has 0 saturated carbocycles. The van der Waals surface area contributed by atoms with Gasteiger partial charge in [-0.15, -0.1) is 0 Å². The molecule has 1 fully saturated rings. The molecule has 7 nitrogen and oxygen atoms in total. The first-order chi connectivity index (χ1) is 13.6. The predicted octanol–water partition coefficient (Wildman–Crippen LogP) is 2.70. The fraction of sp³-hybridized carbons (Fsp3) is 0.524. The zero-order valence-corrected chi connectivity index (χ0v) is 16.4. The van der Waals surface area contributed by atoms with Gasteiger partial charge < -0.3 is 25.0 Å². The molecule has 0 aromatic heterocycles. The smallest absolute Gasteiger partial charge is 0.264 e. The van der Waals surface area contributed by atoms with Crippen LogP contribution in [0.1, 0.15) is 32.6 Å². The second-order valence-electron chi connectivity index (χ2n) is 7.21. The molecule has 1 saturated heterocycles. The number of aliphatic hydroxyl groups is 1. The van der Waals surface area contributed by atoms with Crippen molar-refractivity contribution in [2.45, 2.75) is 32.6 Å². The summed E-state index contributed by atoms with van der Waals surface area (Å²) in [5.74, 6) is -1.10. The zero-order valence-electron chi connectivity index (χ0n) is 16.4. The molecule has 2 N–H and O–H groups in total. The van der Waals surface area contributed by atoms with E-state index in [2.05, 4.69) is 17.1 Å². The number of nitrogens with one attached hydrogen (secondary N) is 1. The summed E-state index contributed by atoms with van der Waals surface area (Å²) >= 11 is 0. The van der Waals surface area contributed by atoms with Crippen LogP contribution in [0, 0.1) is 0 Å². The number of aliphatic hydroxyl groups excluding tert-OH is 1. The first kappa shape index (κ1) is 20.2. The van der Waals surface area contributed by atoms with E-state index in [-0.39, 0.29) is 17.9 Å². The molecule has 0 atom stereocenters. The lowest BCUT2D eigenvalue weighted by molar-refractivity contribution is -0.127. The van der Waals surface area contributed by atoms with Gasteiger partial charge in [-0.25, -0.2) is 0 Å². The van der Waals surface area contributed by atoms with Gasteiger partial charge in [0.25, 0.3) is 11.8 Å². The summed E-state index contributed by atoms with van der Waals surface area (Å²) < 4.78 is 5.36. The molecule has 28 heavy (non-hydrogen) atoms. The Morgan fingerprint density at radius 2 is 1.86 bits per heavy atom. The first-order valence-electron chi connectivity index (χ1n) is 10.1. The highest BCUT2D eigenvalue weighted by atomic mass is 16.5. The van der Waals surface area contributed by atoms with E-state index in [1.165, 1.54) is 0 Å². The molecule has 2 aliphatic rings. The number of amides is 2. The zero-order chi connectivity index (χ0) is 19.9. The van der Waals surface area contributed by atoms with Gasteiger partial charge in [-0.1, -0.05) is 26.2 Å². The van der Waals surface area contributed by atoms with E-state index in [4.69, 9.17) is 4.74 Å². The Balaban J connectivity index is 1.56. The van der Waals surface area contributed by atoms with Crippen molar-refractivity contribution in [3.8, 4) is 0 Å². The molecule has 0 aliphatic carbocycles. The van der Waals surface area contributed by atoms with Gasteiger partial charge in [0.15, 0.2) is 0 Å². The highest BCUT2D eigenvalue weighted by Crippen LogP contribution is 2.22. The second kappa shape index (κ2) is 9.59. The first-order valence-corrected chi connectivity index (χ1v) is 10.1. The summed E-state index contributed by atoms with van der Waals surface area (Å²) in [7, 11) is 0. The minimum atomic E-state index is -0.558. The van der Waals surface area contributed by atoms with Gasteiger partial charge >= 0.3 is 0 Å². The summed E-state index contributed by atoms with van der Waals surface area (Å²) in [5, 5.41) is 12.9. The number of nitrogens with zero attached hydrogens (tertiary/aromatic N) is 2. The summed E-state index contributed by atoms with van der Waals surface area (Å²) in [5.41, 5.74) is 1.52. The fourth-order valence-electron chi connectivity index (χ4n) is 3.52. The molecule has 152 valence electrons. The van der Waals surface area contributed by atoms with Crippen molar-refractivity contribution < 1.29 is 19.4 Å². The largest absolute Gasteiger partial charge is 0.509 e. The Morgan fingerprint density at radius 3 is 2.54 bits per heavy atom. The minimum Gasteiger partial charge on any atom is -0.509 e. The molecular weight excluding hydrogens is 358 g/mol. The van der Waals surface area contributed by atoms with Crippen LogP contribution in [0.2, 0.25) is 0 Å². The molecule has 0 unspecified atom stereocenters. The van der Waals surface area contributed by atoms with Crippen molar-refractivity contribution >= 4 is 23.2 Å². The van der Waals surface area contributed by atoms with E-state index >= 15 is 0 Å². The number of carbonyl (C=O) groups is 2. The molecule has 1 aromatic rings. The Hall–Kier alpha value is -2.54. The van der Waals surface area contributed by atoms with Crippen molar-refractivity contribution in [1.82, 2.24) is 4.90 Å². The number of anilines is 2. The topological polar surface area (TPSA) is 82.1 Å². The van der Waals surface area contributed by atoms with E-state index < -0.39 is 11.8 Å². The quantitative estimate of drug-likeness (QED) is 0.529. The third kappa shape index (κ3) is 4.84. The molecule has 2 amide bonds. The van der Waals surface area contributed by atoms with Gasteiger partial charge in [0.05, 0.1) is 19.8 Å². The van der Waals surface area contributed by atoms with E-state index in [9.17, 15) is 14.7 Å². The second-order valence-corrected chi connectivity index (χ2v) is 7.21. The van der Waals surface area contributed by atoms with Crippen molar-refractivity contribution in [3.05, 3.63) is 35.6 Å². The number of ether oxygens (including phenoxy) is 1. The van der Waals surface area contributed by atoms with Crippen LogP contribution in [0.4, 0.5) is 11.4 Å². The van der Waals surface area contributed by atoms with Gasteiger partial charge in [-0.05, 0) is 30.7 Å². The fourth-order valence-corrected chi connectivity index (χ4v) is 3.52. The lowest BCUT2D eigenvalue weighted by Gasteiger charge is -2.28. The molecule has 7 heteroatoms. The summed E-state index contributed by atoms with van der Waals surface area (Å²) in [6.07, 6.45) is 4.16. The third-order valence-corrected chi connectivity index (χ3v) is 5.14. The van der Waals surface area contributed by atoms with Crippen LogP contribution in [0.15, 0.2) is 35.6 Å². The number of morpholine rings is 1. The minimum absolute atomic E-state index is 0.115. The lowest BCUT2D eigenvalue weighted by Crippen LogP contribution is -2.36. The van der Waals surface area contributed by atoms with Gasteiger partial charge in [-0.2, -0.15) is 0 Å². The van der Waals surface area contributed by atoms with Crippen LogP contribution >= 0.6 is 0 Å². The van der Waals surface area contributed by atoms with Crippen molar-refractivity contribution in [1.29, 1.82) is 0 Å². The van der Waals surface area contributed by atoms with Gasteiger partial charge in [0.1, 0.15) is 11.3 Å². The summed E-state index contributed by atoms with van der Waals surface area (Å²) in [4.78, 5) is 28.8. The summed E-state index contributed by atoms with van der Waals surface area (Å²) in [6, 6.07) is 7.49. The highest BCUT2D eigenvalue weighted by molar-refractivity contribution is 6.24. The van der Waals surface area contributed by atoms with Gasteiger partial charge in [0, 0.05) is 31.0 Å². The standard InChI is InChI=1S/C21H29N3O4/c1-2-3-4-5-10-24-15-18(25)19(21(24)27)20(26)22-16-6-8-17(9-7-16)23-11-13-28-14-12-23/h6-9,25H,2-5,10-15H2,1H3,(H,22,26). The Bertz CT molecular complexity index is 724. The van der Waals surface area contributed by atoms with Crippen LogP contribution in [-0.4, -0.2) is 61.2 Å². The van der Waals surface area contributed by atoms with Crippen molar-refractivity contribution in [2.24, 2.45) is 0 Å². The van der Waals surface area contributed by atoms with Crippen LogP contribution < -0.4 is 10.2 Å². The highest BCUT2D eigenvalue weighted by Gasteiger charge is 2.34. The van der Waals surface area contributed by atoms with Gasteiger partial charge in [-0.3, -0.25) is 9.59 Å². The average Bonchev–Trinajstić information content (AvgIpc) is 3.00. The maximum atomic E-state index is 12.5. The SMILES string of the molecule is CCCCCCN1CC(O)=C(C(=O)Nc2ccc(N3CCOCC3)cc2)C1=O. The van der Waals surface area contributed by atoms with E-state index in [1.807, 2.05) is 24.3 Å².